The van der Waals surface area contributed by atoms with E-state index in [1.165, 1.54) is 18.5 Å². The van der Waals surface area contributed by atoms with E-state index in [2.05, 4.69) is 25.9 Å². The lowest BCUT2D eigenvalue weighted by Gasteiger charge is -2.13. The van der Waals surface area contributed by atoms with Crippen molar-refractivity contribution in [1.29, 1.82) is 0 Å². The Hall–Kier alpha value is -5.04. The Kier molecular flexibility index (Phi) is 7.28. The average molecular weight is 587 g/mol. The summed E-state index contributed by atoms with van der Waals surface area (Å²) in [5.41, 5.74) is 0.217. The molecule has 2 heterocycles. The second kappa shape index (κ2) is 10.8. The van der Waals surface area contributed by atoms with Gasteiger partial charge >= 0.3 is 12.2 Å². The number of amides is 3. The standard InChI is InChI=1S/C27H16ClF5N6O2/c28-21-5-4-19(12-20(21)27(31,32)33)37-26(41)36-18-3-1-2-14(10-18)22-13-35-24-23(34-6-7-39(22)24)38-25(40)15-8-16(29)11-17(30)9-15/h1-13H,(H,34,38,40)(H2,36,37,41). The fourth-order valence-electron chi connectivity index (χ4n) is 3.96. The third-order valence-electron chi connectivity index (χ3n) is 5.73. The lowest BCUT2D eigenvalue weighted by molar-refractivity contribution is -0.137. The quantitative estimate of drug-likeness (QED) is 0.189. The molecule has 3 N–H and O–H groups in total. The van der Waals surface area contributed by atoms with Gasteiger partial charge in [-0.15, -0.1) is 0 Å². The Balaban J connectivity index is 1.35. The van der Waals surface area contributed by atoms with Crippen LogP contribution < -0.4 is 16.0 Å². The van der Waals surface area contributed by atoms with Crippen molar-refractivity contribution in [2.45, 2.75) is 6.18 Å². The van der Waals surface area contributed by atoms with Gasteiger partial charge in [0.05, 0.1) is 22.5 Å². The molecule has 0 saturated carbocycles. The molecule has 41 heavy (non-hydrogen) atoms. The third kappa shape index (κ3) is 6.09. The van der Waals surface area contributed by atoms with E-state index in [9.17, 15) is 31.5 Å². The predicted molar refractivity (Wildman–Crippen MR) is 142 cm³/mol. The van der Waals surface area contributed by atoms with E-state index < -0.39 is 40.3 Å². The molecule has 3 aromatic carbocycles. The molecule has 0 radical (unpaired) electrons. The van der Waals surface area contributed by atoms with Crippen LogP contribution in [0.4, 0.5) is 43.9 Å². The van der Waals surface area contributed by atoms with E-state index in [0.29, 0.717) is 23.0 Å². The number of carbonyl (C=O) groups excluding carboxylic acids is 2. The summed E-state index contributed by atoms with van der Waals surface area (Å²) in [7, 11) is 0. The van der Waals surface area contributed by atoms with Gasteiger partial charge in [0.2, 0.25) is 0 Å². The molecule has 0 saturated heterocycles. The highest BCUT2D eigenvalue weighted by Gasteiger charge is 2.33. The Morgan fingerprint density at radius 2 is 1.56 bits per heavy atom. The lowest BCUT2D eigenvalue weighted by atomic mass is 10.1. The molecular formula is C27H16ClF5N6O2. The van der Waals surface area contributed by atoms with Gasteiger partial charge in [0.1, 0.15) is 11.6 Å². The number of rotatable bonds is 5. The van der Waals surface area contributed by atoms with Crippen LogP contribution in [0, 0.1) is 11.6 Å². The maximum Gasteiger partial charge on any atom is 0.417 e. The van der Waals surface area contributed by atoms with E-state index in [1.54, 1.807) is 34.9 Å². The first kappa shape index (κ1) is 27.5. The summed E-state index contributed by atoms with van der Waals surface area (Å²) in [6.45, 7) is 0. The van der Waals surface area contributed by atoms with Crippen LogP contribution in [0.15, 0.2) is 79.3 Å². The Labute approximate surface area is 232 Å². The molecule has 0 fully saturated rings. The van der Waals surface area contributed by atoms with Crippen molar-refractivity contribution in [1.82, 2.24) is 14.4 Å². The molecule has 8 nitrogen and oxygen atoms in total. The van der Waals surface area contributed by atoms with E-state index in [4.69, 9.17) is 11.6 Å². The number of imidazole rings is 1. The van der Waals surface area contributed by atoms with Crippen LogP contribution >= 0.6 is 11.6 Å². The number of nitrogens with one attached hydrogen (secondary N) is 3. The number of aromatic nitrogens is 3. The minimum Gasteiger partial charge on any atom is -0.308 e. The number of benzene rings is 3. The zero-order valence-electron chi connectivity index (χ0n) is 20.4. The van der Waals surface area contributed by atoms with Gasteiger partial charge in [0.25, 0.3) is 5.91 Å². The molecule has 3 amide bonds. The minimum atomic E-state index is -4.69. The number of urea groups is 1. The second-order valence-electron chi connectivity index (χ2n) is 8.58. The number of alkyl halides is 3. The number of fused-ring (bicyclic) bond motifs is 1. The summed E-state index contributed by atoms with van der Waals surface area (Å²) >= 11 is 5.62. The molecule has 14 heteroatoms. The second-order valence-corrected chi connectivity index (χ2v) is 8.98. The number of carbonyl (C=O) groups is 2. The largest absolute Gasteiger partial charge is 0.417 e. The van der Waals surface area contributed by atoms with Crippen LogP contribution in [0.5, 0.6) is 0 Å². The zero-order chi connectivity index (χ0) is 29.3. The number of anilines is 3. The van der Waals surface area contributed by atoms with Crippen LogP contribution in [-0.4, -0.2) is 26.3 Å². The summed E-state index contributed by atoms with van der Waals surface area (Å²) in [5, 5.41) is 6.88. The smallest absolute Gasteiger partial charge is 0.308 e. The monoisotopic (exact) mass is 586 g/mol. The minimum absolute atomic E-state index is 0.0308. The van der Waals surface area contributed by atoms with Crippen molar-refractivity contribution in [3.8, 4) is 11.3 Å². The average Bonchev–Trinajstić information content (AvgIpc) is 3.34. The molecule has 0 aliphatic heterocycles. The predicted octanol–water partition coefficient (Wildman–Crippen LogP) is 7.24. The molecule has 0 bridgehead atoms. The summed E-state index contributed by atoms with van der Waals surface area (Å²) in [4.78, 5) is 33.5. The van der Waals surface area contributed by atoms with Gasteiger partial charge in [0, 0.05) is 41.0 Å². The Morgan fingerprint density at radius 1 is 0.854 bits per heavy atom. The van der Waals surface area contributed by atoms with Crippen molar-refractivity contribution in [3.63, 3.8) is 0 Å². The van der Waals surface area contributed by atoms with Crippen LogP contribution in [0.25, 0.3) is 16.9 Å². The SMILES string of the molecule is O=C(Nc1cccc(-c2cnc3c(NC(=O)c4cc(F)cc(F)c4)nccn23)c1)Nc1ccc(Cl)c(C(F)(F)F)c1. The molecule has 5 aromatic rings. The molecule has 0 aliphatic carbocycles. The van der Waals surface area contributed by atoms with Gasteiger partial charge in [-0.25, -0.2) is 23.5 Å². The molecule has 0 unspecified atom stereocenters. The summed E-state index contributed by atoms with van der Waals surface area (Å²) in [5.74, 6) is -2.59. The molecule has 5 rings (SSSR count). The van der Waals surface area contributed by atoms with Crippen molar-refractivity contribution >= 4 is 46.4 Å². The van der Waals surface area contributed by atoms with E-state index in [-0.39, 0.29) is 22.7 Å². The van der Waals surface area contributed by atoms with Crippen molar-refractivity contribution in [2.75, 3.05) is 16.0 Å². The van der Waals surface area contributed by atoms with Crippen LogP contribution in [0.3, 0.4) is 0 Å². The van der Waals surface area contributed by atoms with E-state index in [0.717, 1.165) is 24.3 Å². The van der Waals surface area contributed by atoms with Gasteiger partial charge < -0.3 is 16.0 Å². The Morgan fingerprint density at radius 3 is 2.27 bits per heavy atom. The van der Waals surface area contributed by atoms with Gasteiger partial charge in [-0.2, -0.15) is 13.2 Å². The highest BCUT2D eigenvalue weighted by molar-refractivity contribution is 6.31. The molecule has 0 spiro atoms. The molecule has 0 aliphatic rings. The van der Waals surface area contributed by atoms with Crippen molar-refractivity contribution < 1.29 is 31.5 Å². The summed E-state index contributed by atoms with van der Waals surface area (Å²) in [6, 6.07) is 11.1. The zero-order valence-corrected chi connectivity index (χ0v) is 21.2. The van der Waals surface area contributed by atoms with Gasteiger partial charge in [-0.3, -0.25) is 9.20 Å². The fourth-order valence-corrected chi connectivity index (χ4v) is 4.18. The summed E-state index contributed by atoms with van der Waals surface area (Å²) < 4.78 is 68.0. The molecular weight excluding hydrogens is 571 g/mol. The van der Waals surface area contributed by atoms with Crippen LogP contribution in [0.1, 0.15) is 15.9 Å². The normalized spacial score (nSPS) is 11.4. The molecule has 2 aromatic heterocycles. The van der Waals surface area contributed by atoms with Crippen molar-refractivity contribution in [2.24, 2.45) is 0 Å². The number of halogens is 6. The lowest BCUT2D eigenvalue weighted by Crippen LogP contribution is -2.20. The van der Waals surface area contributed by atoms with Gasteiger partial charge in [-0.1, -0.05) is 23.7 Å². The number of nitrogens with zero attached hydrogens (tertiary/aromatic N) is 3. The Bertz CT molecular complexity index is 1790. The third-order valence-corrected chi connectivity index (χ3v) is 6.06. The van der Waals surface area contributed by atoms with Gasteiger partial charge in [-0.05, 0) is 42.5 Å². The van der Waals surface area contributed by atoms with E-state index >= 15 is 0 Å². The van der Waals surface area contributed by atoms with Gasteiger partial charge in [0.15, 0.2) is 11.5 Å². The van der Waals surface area contributed by atoms with Crippen LogP contribution in [-0.2, 0) is 6.18 Å². The highest BCUT2D eigenvalue weighted by Crippen LogP contribution is 2.36. The first-order chi connectivity index (χ1) is 19.5. The summed E-state index contributed by atoms with van der Waals surface area (Å²) in [6.07, 6.45) is -0.249. The number of hydrogen-bond acceptors (Lipinski definition) is 4. The van der Waals surface area contributed by atoms with Crippen molar-refractivity contribution in [3.05, 3.63) is 107 Å². The molecule has 0 atom stereocenters. The fraction of sp³-hybridized carbons (Fsp3) is 0.0370. The number of hydrogen-bond donors (Lipinski definition) is 3. The van der Waals surface area contributed by atoms with E-state index in [1.807, 2.05) is 0 Å². The maximum absolute atomic E-state index is 13.5. The first-order valence-electron chi connectivity index (χ1n) is 11.6. The molecule has 208 valence electrons. The van der Waals surface area contributed by atoms with Crippen LogP contribution in [0.2, 0.25) is 5.02 Å². The highest BCUT2D eigenvalue weighted by atomic mass is 35.5. The maximum atomic E-state index is 13.5. The topological polar surface area (TPSA) is 100 Å². The first-order valence-corrected chi connectivity index (χ1v) is 12.0.